The molecule has 14 nitrogen and oxygen atoms in total. The molecule has 0 bridgehead atoms. The number of aromatic nitrogens is 1. The average molecular weight is 654 g/mol. The molecule has 46 heavy (non-hydrogen) atoms. The van der Waals surface area contributed by atoms with E-state index in [9.17, 15) is 37.8 Å². The summed E-state index contributed by atoms with van der Waals surface area (Å²) in [5, 5.41) is 31.1. The molecule has 1 amide bonds. The van der Waals surface area contributed by atoms with Gasteiger partial charge in [0.15, 0.2) is 11.3 Å². The van der Waals surface area contributed by atoms with Crippen molar-refractivity contribution in [1.82, 2.24) is 15.0 Å². The van der Waals surface area contributed by atoms with Crippen LogP contribution in [-0.4, -0.2) is 72.0 Å². The minimum atomic E-state index is -4.10. The van der Waals surface area contributed by atoms with Gasteiger partial charge in [0, 0.05) is 13.0 Å². The first-order valence-corrected chi connectivity index (χ1v) is 15.5. The van der Waals surface area contributed by atoms with E-state index in [2.05, 4.69) is 15.0 Å². The lowest BCUT2D eigenvalue weighted by Crippen LogP contribution is -2.44. The van der Waals surface area contributed by atoms with Crippen LogP contribution in [0.4, 0.5) is 0 Å². The molecule has 4 rings (SSSR count). The fourth-order valence-corrected chi connectivity index (χ4v) is 5.80. The SMILES string of the molecule is COc1cccc2nc(C(=O)C[C@H](NC(=O)C(CCCCNS(=O)(=O)c3ccc(O)c(C(=O)O)c3)c3ccccc3)C(=O)O)oc12. The number of phenols is 1. The number of hydrogen-bond acceptors (Lipinski definition) is 10. The maximum Gasteiger partial charge on any atom is 0.339 e. The molecular formula is C31H31N3O11S. The van der Waals surface area contributed by atoms with E-state index >= 15 is 0 Å². The van der Waals surface area contributed by atoms with Gasteiger partial charge in [0.2, 0.25) is 21.7 Å². The third kappa shape index (κ3) is 8.05. The van der Waals surface area contributed by atoms with Crippen molar-refractivity contribution < 1.29 is 52.1 Å². The van der Waals surface area contributed by atoms with E-state index in [1.807, 2.05) is 0 Å². The Balaban J connectivity index is 1.39. The predicted molar refractivity (Wildman–Crippen MR) is 162 cm³/mol. The quantitative estimate of drug-likeness (QED) is 0.0868. The van der Waals surface area contributed by atoms with Gasteiger partial charge in [0.1, 0.15) is 22.9 Å². The number of nitrogens with one attached hydrogen (secondary N) is 2. The molecule has 2 atom stereocenters. The van der Waals surface area contributed by atoms with Gasteiger partial charge >= 0.3 is 11.9 Å². The highest BCUT2D eigenvalue weighted by Crippen LogP contribution is 2.27. The normalized spacial score (nSPS) is 12.7. The first kappa shape index (κ1) is 33.6. The van der Waals surface area contributed by atoms with Crippen molar-refractivity contribution in [3.8, 4) is 11.5 Å². The van der Waals surface area contributed by atoms with Crippen molar-refractivity contribution >= 4 is 44.8 Å². The number of Topliss-reactive ketones (excluding diaryl/α,β-unsaturated/α-hetero) is 1. The minimum absolute atomic E-state index is 0.0454. The van der Waals surface area contributed by atoms with E-state index in [-0.39, 0.29) is 35.8 Å². The molecule has 1 heterocycles. The molecule has 4 aromatic rings. The molecule has 15 heteroatoms. The van der Waals surface area contributed by atoms with E-state index in [4.69, 9.17) is 14.3 Å². The summed E-state index contributed by atoms with van der Waals surface area (Å²) in [4.78, 5) is 53.4. The number of unbranched alkanes of at least 4 members (excludes halogenated alkanes) is 1. The standard InChI is InChI=1S/C31H31N3O11S/c1-44-26-12-7-11-22-27(26)45-29(34-22)25(36)17-23(31(40)41)33-28(37)20(18-8-3-2-4-9-18)10-5-6-15-32-46(42,43)19-13-14-24(35)21(16-19)30(38)39/h2-4,7-9,11-14,16,20,23,32,35H,5-6,10,15,17H2,1H3,(H,33,37)(H,38,39)(H,40,41)/t20?,23-/m0/s1. The van der Waals surface area contributed by atoms with E-state index in [1.54, 1.807) is 48.5 Å². The second-order valence-corrected chi connectivity index (χ2v) is 12.0. The number of rotatable bonds is 16. The monoisotopic (exact) mass is 653 g/mol. The molecule has 3 aromatic carbocycles. The van der Waals surface area contributed by atoms with Crippen molar-refractivity contribution in [2.75, 3.05) is 13.7 Å². The van der Waals surface area contributed by atoms with Crippen LogP contribution in [-0.2, 0) is 19.6 Å². The Morgan fingerprint density at radius 3 is 2.39 bits per heavy atom. The zero-order valence-corrected chi connectivity index (χ0v) is 25.3. The molecule has 1 aromatic heterocycles. The van der Waals surface area contributed by atoms with Crippen LogP contribution in [0.15, 0.2) is 76.0 Å². The number of para-hydroxylation sites is 1. The molecule has 0 aliphatic heterocycles. The number of methoxy groups -OCH3 is 1. The number of oxazole rings is 1. The van der Waals surface area contributed by atoms with Gasteiger partial charge in [-0.3, -0.25) is 9.59 Å². The number of carboxylic acids is 2. The molecule has 0 saturated heterocycles. The van der Waals surface area contributed by atoms with Gasteiger partial charge in [0.25, 0.3) is 5.89 Å². The predicted octanol–water partition coefficient (Wildman–Crippen LogP) is 3.32. The number of fused-ring (bicyclic) bond motifs is 1. The number of ether oxygens (including phenoxy) is 1. The van der Waals surface area contributed by atoms with Crippen LogP contribution < -0.4 is 14.8 Å². The highest BCUT2D eigenvalue weighted by Gasteiger charge is 2.30. The third-order valence-corrected chi connectivity index (χ3v) is 8.54. The van der Waals surface area contributed by atoms with Gasteiger partial charge in [-0.2, -0.15) is 0 Å². The Labute approximate surface area is 263 Å². The van der Waals surface area contributed by atoms with E-state index in [1.165, 1.54) is 7.11 Å². The molecule has 0 fully saturated rings. The zero-order chi connectivity index (χ0) is 33.4. The summed E-state index contributed by atoms with van der Waals surface area (Å²) in [6.07, 6.45) is 0.208. The number of carbonyl (C=O) groups excluding carboxylic acids is 2. The number of benzene rings is 3. The van der Waals surface area contributed by atoms with Gasteiger partial charge in [-0.15, -0.1) is 0 Å². The fraction of sp³-hybridized carbons (Fsp3) is 0.258. The summed E-state index contributed by atoms with van der Waals surface area (Å²) in [5.74, 6) is -5.67. The summed E-state index contributed by atoms with van der Waals surface area (Å²) >= 11 is 0. The van der Waals surface area contributed by atoms with E-state index in [0.717, 1.165) is 18.2 Å². The fourth-order valence-electron chi connectivity index (χ4n) is 4.70. The number of nitrogens with zero attached hydrogens (tertiary/aromatic N) is 1. The Morgan fingerprint density at radius 1 is 0.978 bits per heavy atom. The number of aromatic carboxylic acids is 1. The number of carboxylic acid groups (broad SMARTS) is 2. The number of aliphatic carboxylic acids is 1. The largest absolute Gasteiger partial charge is 0.507 e. The van der Waals surface area contributed by atoms with Crippen molar-refractivity contribution in [3.05, 3.63) is 83.7 Å². The van der Waals surface area contributed by atoms with Crippen molar-refractivity contribution in [3.63, 3.8) is 0 Å². The van der Waals surface area contributed by atoms with Gasteiger partial charge in [-0.1, -0.05) is 42.8 Å². The minimum Gasteiger partial charge on any atom is -0.507 e. The lowest BCUT2D eigenvalue weighted by atomic mass is 9.92. The van der Waals surface area contributed by atoms with Crippen LogP contribution in [0.2, 0.25) is 0 Å². The summed E-state index contributed by atoms with van der Waals surface area (Å²) in [6.45, 7) is -0.0454. The van der Waals surface area contributed by atoms with E-state index in [0.29, 0.717) is 23.3 Å². The van der Waals surface area contributed by atoms with E-state index < -0.39 is 63.3 Å². The number of hydrogen-bond donors (Lipinski definition) is 5. The number of amides is 1. The summed E-state index contributed by atoms with van der Waals surface area (Å²) in [5.41, 5.74) is 0.601. The molecule has 1 unspecified atom stereocenters. The Bertz CT molecular complexity index is 1860. The highest BCUT2D eigenvalue weighted by atomic mass is 32.2. The van der Waals surface area contributed by atoms with Gasteiger partial charge in [-0.05, 0) is 48.7 Å². The van der Waals surface area contributed by atoms with Crippen LogP contribution in [0.1, 0.15) is 58.2 Å². The summed E-state index contributed by atoms with van der Waals surface area (Å²) < 4.78 is 38.4. The van der Waals surface area contributed by atoms with Crippen molar-refractivity contribution in [1.29, 1.82) is 0 Å². The van der Waals surface area contributed by atoms with Crippen LogP contribution >= 0.6 is 0 Å². The Kier molecular flexibility index (Phi) is 10.7. The van der Waals surface area contributed by atoms with Crippen molar-refractivity contribution in [2.24, 2.45) is 0 Å². The van der Waals surface area contributed by atoms with Gasteiger partial charge in [-0.25, -0.2) is 27.7 Å². The van der Waals surface area contributed by atoms with Gasteiger partial charge in [0.05, 0.1) is 17.9 Å². The first-order chi connectivity index (χ1) is 21.9. The maximum absolute atomic E-state index is 13.4. The highest BCUT2D eigenvalue weighted by molar-refractivity contribution is 7.89. The Hall–Kier alpha value is -5.28. The van der Waals surface area contributed by atoms with Crippen LogP contribution in [0, 0.1) is 0 Å². The summed E-state index contributed by atoms with van der Waals surface area (Å²) in [6, 6.07) is 14.8. The summed E-state index contributed by atoms with van der Waals surface area (Å²) in [7, 11) is -2.67. The number of aromatic hydroxyl groups is 1. The number of carbonyl (C=O) groups is 4. The second kappa shape index (κ2) is 14.7. The average Bonchev–Trinajstić information content (AvgIpc) is 3.47. The zero-order valence-electron chi connectivity index (χ0n) is 24.5. The lowest BCUT2D eigenvalue weighted by molar-refractivity contribution is -0.142. The van der Waals surface area contributed by atoms with Crippen LogP contribution in [0.3, 0.4) is 0 Å². The molecule has 0 aliphatic carbocycles. The topological polar surface area (TPSA) is 222 Å². The molecule has 242 valence electrons. The second-order valence-electron chi connectivity index (χ2n) is 10.2. The van der Waals surface area contributed by atoms with Gasteiger partial charge < -0.3 is 29.8 Å². The first-order valence-electron chi connectivity index (χ1n) is 14.0. The smallest absolute Gasteiger partial charge is 0.339 e. The number of sulfonamides is 1. The Morgan fingerprint density at radius 2 is 1.72 bits per heavy atom. The molecule has 0 spiro atoms. The maximum atomic E-state index is 13.4. The van der Waals surface area contributed by atoms with Crippen LogP contribution in [0.5, 0.6) is 11.5 Å². The third-order valence-electron chi connectivity index (χ3n) is 7.08. The molecular weight excluding hydrogens is 622 g/mol. The molecule has 0 saturated carbocycles. The van der Waals surface area contributed by atoms with Crippen molar-refractivity contribution in [2.45, 2.75) is 42.5 Å². The molecule has 0 radical (unpaired) electrons. The number of ketones is 1. The van der Waals surface area contributed by atoms with Crippen LogP contribution in [0.25, 0.3) is 11.1 Å². The molecule has 5 N–H and O–H groups in total. The molecule has 0 aliphatic rings. The lowest BCUT2D eigenvalue weighted by Gasteiger charge is -2.20.